The second kappa shape index (κ2) is 9.77. The Morgan fingerprint density at radius 3 is 2.74 bits per heavy atom. The van der Waals surface area contributed by atoms with Gasteiger partial charge in [0.05, 0.1) is 11.3 Å². The van der Waals surface area contributed by atoms with E-state index in [0.29, 0.717) is 36.1 Å². The summed E-state index contributed by atoms with van der Waals surface area (Å²) in [6, 6.07) is 14.8. The summed E-state index contributed by atoms with van der Waals surface area (Å²) in [6.07, 6.45) is 3.15. The van der Waals surface area contributed by atoms with Gasteiger partial charge in [0.2, 0.25) is 0 Å². The fraction of sp³-hybridized carbons (Fsp3) is 0.200. The van der Waals surface area contributed by atoms with Crippen LogP contribution in [0.2, 0.25) is 0 Å². The molecule has 2 amide bonds. The number of aromatic nitrogens is 3. The zero-order valence-electron chi connectivity index (χ0n) is 18.2. The van der Waals surface area contributed by atoms with Crippen molar-refractivity contribution in [3.05, 3.63) is 76.4 Å². The number of piperidine rings is 1. The van der Waals surface area contributed by atoms with Crippen LogP contribution >= 0.6 is 11.3 Å². The minimum Gasteiger partial charge on any atom is -0.463 e. The van der Waals surface area contributed by atoms with Crippen LogP contribution in [0.4, 0.5) is 5.82 Å². The number of rotatable bonds is 4. The van der Waals surface area contributed by atoms with Gasteiger partial charge in [-0.05, 0) is 37.1 Å². The molecule has 170 valence electrons. The molecule has 3 aromatic heterocycles. The van der Waals surface area contributed by atoms with Gasteiger partial charge in [-0.15, -0.1) is 11.3 Å². The molecule has 34 heavy (non-hydrogen) atoms. The molecule has 1 saturated heterocycles. The first-order chi connectivity index (χ1) is 16.7. The summed E-state index contributed by atoms with van der Waals surface area (Å²) >= 11 is 1.47. The molecule has 9 heteroatoms. The number of hydrogen-bond donors (Lipinski definition) is 2. The Labute approximate surface area is 200 Å². The molecule has 2 N–H and O–H groups in total. The average molecular weight is 472 g/mol. The molecule has 0 atom stereocenters. The summed E-state index contributed by atoms with van der Waals surface area (Å²) in [7, 11) is 0. The standard InChI is InChI=1S/C25H21N5O3S/c31-23(9-8-17-5-2-1-3-6-17)30-12-10-18(11-13-30)25-26-20(16-34-25)24(32)27-22-15-19(28-29-22)21-7-4-14-33-21/h1-7,14-16,18H,10-13H2,(H2,27,28,29,32). The summed E-state index contributed by atoms with van der Waals surface area (Å²) in [4.78, 5) is 31.4. The Morgan fingerprint density at radius 2 is 1.97 bits per heavy atom. The number of anilines is 1. The van der Waals surface area contributed by atoms with Crippen molar-refractivity contribution in [1.82, 2.24) is 20.1 Å². The van der Waals surface area contributed by atoms with E-state index in [0.717, 1.165) is 23.4 Å². The number of nitrogens with one attached hydrogen (secondary N) is 2. The van der Waals surface area contributed by atoms with E-state index in [1.165, 1.54) is 11.3 Å². The monoisotopic (exact) mass is 471 g/mol. The average Bonchev–Trinajstić information content (AvgIpc) is 3.65. The largest absolute Gasteiger partial charge is 0.463 e. The minimum absolute atomic E-state index is 0.158. The third-order valence-corrected chi connectivity index (χ3v) is 6.59. The number of aromatic amines is 1. The van der Waals surface area contributed by atoms with Crippen LogP contribution < -0.4 is 5.32 Å². The molecule has 8 nitrogen and oxygen atoms in total. The van der Waals surface area contributed by atoms with Crippen molar-refractivity contribution in [3.8, 4) is 23.3 Å². The van der Waals surface area contributed by atoms with Gasteiger partial charge in [-0.2, -0.15) is 5.10 Å². The lowest BCUT2D eigenvalue weighted by Gasteiger charge is -2.29. The first-order valence-corrected chi connectivity index (χ1v) is 11.8. The first kappa shape index (κ1) is 21.7. The highest BCUT2D eigenvalue weighted by Crippen LogP contribution is 2.30. The van der Waals surface area contributed by atoms with E-state index >= 15 is 0 Å². The number of furan rings is 1. The molecule has 1 fully saturated rings. The first-order valence-electron chi connectivity index (χ1n) is 10.9. The molecule has 1 aromatic carbocycles. The van der Waals surface area contributed by atoms with E-state index in [9.17, 15) is 9.59 Å². The van der Waals surface area contributed by atoms with Crippen molar-refractivity contribution in [2.75, 3.05) is 18.4 Å². The van der Waals surface area contributed by atoms with Gasteiger partial charge in [0.15, 0.2) is 11.6 Å². The lowest BCUT2D eigenvalue weighted by Crippen LogP contribution is -2.37. The summed E-state index contributed by atoms with van der Waals surface area (Å²) in [5.74, 6) is 6.43. The van der Waals surface area contributed by atoms with Crippen LogP contribution in [0, 0.1) is 11.8 Å². The van der Waals surface area contributed by atoms with Crippen molar-refractivity contribution >= 4 is 29.0 Å². The van der Waals surface area contributed by atoms with E-state index in [4.69, 9.17) is 4.42 Å². The number of carbonyl (C=O) groups is 2. The normalized spacial score (nSPS) is 13.8. The van der Waals surface area contributed by atoms with Gasteiger partial charge in [0.1, 0.15) is 11.4 Å². The maximum atomic E-state index is 12.6. The topological polar surface area (TPSA) is 104 Å². The molecule has 1 aliphatic heterocycles. The zero-order valence-corrected chi connectivity index (χ0v) is 19.0. The molecule has 0 unspecified atom stereocenters. The Kier molecular flexibility index (Phi) is 6.23. The van der Waals surface area contributed by atoms with Gasteiger partial charge in [0, 0.05) is 41.9 Å². The number of benzene rings is 1. The Morgan fingerprint density at radius 1 is 1.15 bits per heavy atom. The van der Waals surface area contributed by atoms with Gasteiger partial charge >= 0.3 is 0 Å². The fourth-order valence-corrected chi connectivity index (χ4v) is 4.73. The molecular formula is C25H21N5O3S. The van der Waals surface area contributed by atoms with Crippen molar-refractivity contribution in [2.24, 2.45) is 0 Å². The van der Waals surface area contributed by atoms with Crippen LogP contribution in [0.15, 0.2) is 64.6 Å². The Hall–Kier alpha value is -4.16. The number of H-pyrrole nitrogens is 1. The van der Waals surface area contributed by atoms with Crippen molar-refractivity contribution in [2.45, 2.75) is 18.8 Å². The van der Waals surface area contributed by atoms with Crippen LogP contribution in [0.25, 0.3) is 11.5 Å². The van der Waals surface area contributed by atoms with Crippen molar-refractivity contribution in [1.29, 1.82) is 0 Å². The quantitative estimate of drug-likeness (QED) is 0.436. The highest BCUT2D eigenvalue weighted by atomic mass is 32.1. The van der Waals surface area contributed by atoms with Gasteiger partial charge < -0.3 is 14.6 Å². The SMILES string of the molecule is O=C(Nc1cc(-c2ccco2)[nH]n1)c1csc(C2CCN(C(=O)C#Cc3ccccc3)CC2)n1. The summed E-state index contributed by atoms with van der Waals surface area (Å²) in [5, 5.41) is 12.4. The zero-order chi connectivity index (χ0) is 23.3. The van der Waals surface area contributed by atoms with Crippen LogP contribution in [0.5, 0.6) is 0 Å². The number of likely N-dealkylation sites (tertiary alicyclic amines) is 1. The lowest BCUT2D eigenvalue weighted by molar-refractivity contribution is -0.126. The minimum atomic E-state index is -0.316. The van der Waals surface area contributed by atoms with Crippen molar-refractivity contribution in [3.63, 3.8) is 0 Å². The van der Waals surface area contributed by atoms with Crippen LogP contribution in [-0.2, 0) is 4.79 Å². The molecule has 0 radical (unpaired) electrons. The Balaban J connectivity index is 1.15. The molecule has 4 heterocycles. The van der Waals surface area contributed by atoms with E-state index in [-0.39, 0.29) is 17.7 Å². The molecule has 4 aromatic rings. The van der Waals surface area contributed by atoms with Gasteiger partial charge in [-0.25, -0.2) is 4.98 Å². The van der Waals surface area contributed by atoms with Crippen LogP contribution in [-0.4, -0.2) is 45.0 Å². The number of nitrogens with zero attached hydrogens (tertiary/aromatic N) is 3. The predicted octanol–water partition coefficient (Wildman–Crippen LogP) is 4.14. The lowest BCUT2D eigenvalue weighted by atomic mass is 9.97. The second-order valence-electron chi connectivity index (χ2n) is 7.85. The summed E-state index contributed by atoms with van der Waals surface area (Å²) in [6.45, 7) is 1.24. The van der Waals surface area contributed by atoms with E-state index in [1.807, 2.05) is 30.3 Å². The van der Waals surface area contributed by atoms with Gasteiger partial charge in [0.25, 0.3) is 11.8 Å². The maximum absolute atomic E-state index is 12.6. The van der Waals surface area contributed by atoms with E-state index in [1.54, 1.807) is 34.7 Å². The molecule has 0 saturated carbocycles. The van der Waals surface area contributed by atoms with Crippen LogP contribution in [0.3, 0.4) is 0 Å². The summed E-state index contributed by atoms with van der Waals surface area (Å²) in [5.41, 5.74) is 1.86. The molecule has 1 aliphatic rings. The van der Waals surface area contributed by atoms with Crippen LogP contribution in [0.1, 0.15) is 39.8 Å². The number of carbonyl (C=O) groups excluding carboxylic acids is 2. The Bertz CT molecular complexity index is 1340. The smallest absolute Gasteiger partial charge is 0.298 e. The van der Waals surface area contributed by atoms with Gasteiger partial charge in [-0.3, -0.25) is 14.7 Å². The van der Waals surface area contributed by atoms with Crippen molar-refractivity contribution < 1.29 is 14.0 Å². The molecular weight excluding hydrogens is 450 g/mol. The maximum Gasteiger partial charge on any atom is 0.298 e. The number of hydrogen-bond acceptors (Lipinski definition) is 6. The van der Waals surface area contributed by atoms with E-state index < -0.39 is 0 Å². The molecule has 0 bridgehead atoms. The predicted molar refractivity (Wildman–Crippen MR) is 128 cm³/mol. The van der Waals surface area contributed by atoms with E-state index in [2.05, 4.69) is 32.3 Å². The fourth-order valence-electron chi connectivity index (χ4n) is 3.76. The number of thiazole rings is 1. The number of amides is 2. The second-order valence-corrected chi connectivity index (χ2v) is 8.74. The molecule has 5 rings (SSSR count). The highest BCUT2D eigenvalue weighted by Gasteiger charge is 2.26. The van der Waals surface area contributed by atoms with Gasteiger partial charge in [-0.1, -0.05) is 24.1 Å². The summed E-state index contributed by atoms with van der Waals surface area (Å²) < 4.78 is 5.32. The third kappa shape index (κ3) is 4.92. The molecule has 0 spiro atoms. The third-order valence-electron chi connectivity index (χ3n) is 5.58. The highest BCUT2D eigenvalue weighted by molar-refractivity contribution is 7.10. The molecule has 0 aliphatic carbocycles.